The Morgan fingerprint density at radius 1 is 0.917 bits per heavy atom. The fraction of sp³-hybridized carbons (Fsp3) is 0.103. The summed E-state index contributed by atoms with van der Waals surface area (Å²) in [7, 11) is 0. The maximum Gasteiger partial charge on any atom is 0.333 e. The van der Waals surface area contributed by atoms with E-state index in [0.29, 0.717) is 30.4 Å². The van der Waals surface area contributed by atoms with Gasteiger partial charge in [0, 0.05) is 0 Å². The summed E-state index contributed by atoms with van der Waals surface area (Å²) >= 11 is 2.20. The molecule has 5 rings (SSSR count). The lowest BCUT2D eigenvalue weighted by Gasteiger charge is -2.16. The number of hydrogen-bond donors (Lipinski definition) is 1. The molecule has 7 heteroatoms. The van der Waals surface area contributed by atoms with E-state index in [1.807, 2.05) is 43.3 Å². The first-order valence-corrected chi connectivity index (χ1v) is 12.6. The molecule has 1 aliphatic rings. The van der Waals surface area contributed by atoms with E-state index in [4.69, 9.17) is 9.47 Å². The molecule has 1 heterocycles. The molecule has 0 aliphatic carbocycles. The third-order valence-corrected chi connectivity index (χ3v) is 6.59. The molecular formula is C29H23IN2O4. The van der Waals surface area contributed by atoms with Crippen molar-refractivity contribution in [2.45, 2.75) is 13.5 Å². The van der Waals surface area contributed by atoms with Crippen molar-refractivity contribution in [3.8, 4) is 11.5 Å². The van der Waals surface area contributed by atoms with Gasteiger partial charge in [0.2, 0.25) is 0 Å². The zero-order chi connectivity index (χ0) is 25.1. The highest BCUT2D eigenvalue weighted by Gasteiger charge is 2.34. The molecule has 36 heavy (non-hydrogen) atoms. The second-order valence-corrected chi connectivity index (χ2v) is 9.32. The number of para-hydroxylation sites is 1. The minimum Gasteiger partial charge on any atom is -0.490 e. The molecule has 6 nitrogen and oxygen atoms in total. The van der Waals surface area contributed by atoms with Crippen LogP contribution in [0.15, 0.2) is 90.6 Å². The topological polar surface area (TPSA) is 67.9 Å². The van der Waals surface area contributed by atoms with Crippen LogP contribution in [0.5, 0.6) is 11.5 Å². The zero-order valence-corrected chi connectivity index (χ0v) is 21.7. The van der Waals surface area contributed by atoms with Crippen molar-refractivity contribution < 1.29 is 19.1 Å². The third-order valence-electron chi connectivity index (χ3n) is 5.79. The van der Waals surface area contributed by atoms with Crippen LogP contribution < -0.4 is 19.7 Å². The van der Waals surface area contributed by atoms with Crippen molar-refractivity contribution >= 4 is 57.1 Å². The standard InChI is InChI=1S/C29H23IN2O4/c1-2-35-26-17-19(16-25-28(33)32(29(34)31-25)22-12-4-3-5-13-22)15-24(30)27(26)36-18-21-11-8-10-20-9-6-7-14-23(20)21/h3-17H,2,18H2,1H3,(H,31,34)/b25-16+. The molecule has 0 unspecified atom stereocenters. The fourth-order valence-corrected chi connectivity index (χ4v) is 4.94. The molecule has 0 aromatic heterocycles. The fourth-order valence-electron chi connectivity index (χ4n) is 4.16. The van der Waals surface area contributed by atoms with E-state index < -0.39 is 11.9 Å². The molecule has 1 aliphatic heterocycles. The first kappa shape index (κ1) is 23.9. The monoisotopic (exact) mass is 590 g/mol. The van der Waals surface area contributed by atoms with Crippen LogP contribution in [0.1, 0.15) is 18.1 Å². The van der Waals surface area contributed by atoms with Crippen molar-refractivity contribution in [2.24, 2.45) is 0 Å². The van der Waals surface area contributed by atoms with Crippen LogP contribution in [0, 0.1) is 3.57 Å². The van der Waals surface area contributed by atoms with Crippen molar-refractivity contribution in [2.75, 3.05) is 11.5 Å². The van der Waals surface area contributed by atoms with Crippen LogP contribution in [0.4, 0.5) is 10.5 Å². The van der Waals surface area contributed by atoms with Gasteiger partial charge in [-0.05, 0) is 81.8 Å². The highest BCUT2D eigenvalue weighted by Crippen LogP contribution is 2.36. The highest BCUT2D eigenvalue weighted by molar-refractivity contribution is 14.1. The SMILES string of the molecule is CCOc1cc(/C=C2/NC(=O)N(c3ccccc3)C2=O)cc(I)c1OCc1cccc2ccccc12. The Kier molecular flexibility index (Phi) is 6.90. The predicted octanol–water partition coefficient (Wildman–Crippen LogP) is 6.52. The van der Waals surface area contributed by atoms with E-state index in [2.05, 4.69) is 52.2 Å². The number of ether oxygens (including phenoxy) is 2. The number of imide groups is 1. The average molecular weight is 590 g/mol. The van der Waals surface area contributed by atoms with Gasteiger partial charge in [0.25, 0.3) is 5.91 Å². The first-order valence-electron chi connectivity index (χ1n) is 11.5. The Morgan fingerprint density at radius 2 is 1.67 bits per heavy atom. The minimum atomic E-state index is -0.479. The van der Waals surface area contributed by atoms with Gasteiger partial charge in [-0.25, -0.2) is 9.69 Å². The molecule has 0 saturated carbocycles. The van der Waals surface area contributed by atoms with Crippen molar-refractivity contribution in [3.63, 3.8) is 0 Å². The van der Waals surface area contributed by atoms with Crippen LogP contribution in [0.3, 0.4) is 0 Å². The lowest BCUT2D eigenvalue weighted by molar-refractivity contribution is -0.113. The molecule has 0 atom stereocenters. The number of carbonyl (C=O) groups is 2. The number of benzene rings is 4. The second-order valence-electron chi connectivity index (χ2n) is 8.15. The summed E-state index contributed by atoms with van der Waals surface area (Å²) in [5.74, 6) is 0.809. The quantitative estimate of drug-likeness (QED) is 0.151. The number of fused-ring (bicyclic) bond motifs is 1. The Morgan fingerprint density at radius 3 is 2.47 bits per heavy atom. The maximum atomic E-state index is 13.0. The van der Waals surface area contributed by atoms with Crippen LogP contribution >= 0.6 is 22.6 Å². The molecule has 0 radical (unpaired) electrons. The van der Waals surface area contributed by atoms with Gasteiger partial charge in [-0.2, -0.15) is 0 Å². The maximum absolute atomic E-state index is 13.0. The predicted molar refractivity (Wildman–Crippen MR) is 149 cm³/mol. The van der Waals surface area contributed by atoms with E-state index in [-0.39, 0.29) is 5.70 Å². The van der Waals surface area contributed by atoms with E-state index in [1.165, 1.54) is 0 Å². The molecule has 1 N–H and O–H groups in total. The summed E-state index contributed by atoms with van der Waals surface area (Å²) < 4.78 is 13.0. The number of hydrogen-bond acceptors (Lipinski definition) is 4. The number of anilines is 1. The number of urea groups is 1. The Balaban J connectivity index is 1.42. The minimum absolute atomic E-state index is 0.200. The van der Waals surface area contributed by atoms with Crippen molar-refractivity contribution in [1.29, 1.82) is 0 Å². The van der Waals surface area contributed by atoms with E-state index in [9.17, 15) is 9.59 Å². The highest BCUT2D eigenvalue weighted by atomic mass is 127. The number of amides is 3. The molecular weight excluding hydrogens is 567 g/mol. The number of rotatable bonds is 7. The summed E-state index contributed by atoms with van der Waals surface area (Å²) in [6, 6.07) is 26.5. The van der Waals surface area contributed by atoms with Gasteiger partial charge in [0.15, 0.2) is 11.5 Å². The van der Waals surface area contributed by atoms with Crippen molar-refractivity contribution in [3.05, 3.63) is 105 Å². The molecule has 4 aromatic carbocycles. The summed E-state index contributed by atoms with van der Waals surface area (Å²) in [6.07, 6.45) is 1.66. The first-order chi connectivity index (χ1) is 17.5. The normalized spacial score (nSPS) is 14.4. The largest absolute Gasteiger partial charge is 0.490 e. The van der Waals surface area contributed by atoms with Gasteiger partial charge in [-0.15, -0.1) is 0 Å². The molecule has 180 valence electrons. The molecule has 1 fully saturated rings. The lowest BCUT2D eigenvalue weighted by Crippen LogP contribution is -2.30. The van der Waals surface area contributed by atoms with E-state index >= 15 is 0 Å². The van der Waals surface area contributed by atoms with Crippen LogP contribution in [-0.4, -0.2) is 18.5 Å². The molecule has 1 saturated heterocycles. The number of nitrogens with zero attached hydrogens (tertiary/aromatic N) is 1. The third kappa shape index (κ3) is 4.79. The van der Waals surface area contributed by atoms with Crippen LogP contribution in [0.2, 0.25) is 0 Å². The zero-order valence-electron chi connectivity index (χ0n) is 19.5. The van der Waals surface area contributed by atoms with E-state index in [0.717, 1.165) is 30.4 Å². The summed E-state index contributed by atoms with van der Waals surface area (Å²) in [6.45, 7) is 2.75. The summed E-state index contributed by atoms with van der Waals surface area (Å²) in [5.41, 5.74) is 2.52. The van der Waals surface area contributed by atoms with Gasteiger partial charge < -0.3 is 14.8 Å². The number of halogens is 1. The lowest BCUT2D eigenvalue weighted by atomic mass is 10.1. The van der Waals surface area contributed by atoms with Gasteiger partial charge >= 0.3 is 6.03 Å². The molecule has 0 spiro atoms. The average Bonchev–Trinajstić information content (AvgIpc) is 3.16. The summed E-state index contributed by atoms with van der Waals surface area (Å²) in [5, 5.41) is 4.98. The van der Waals surface area contributed by atoms with Gasteiger partial charge in [0.05, 0.1) is 15.9 Å². The van der Waals surface area contributed by atoms with Crippen LogP contribution in [-0.2, 0) is 11.4 Å². The van der Waals surface area contributed by atoms with Gasteiger partial charge in [-0.1, -0.05) is 60.7 Å². The molecule has 4 aromatic rings. The van der Waals surface area contributed by atoms with Crippen LogP contribution in [0.25, 0.3) is 16.8 Å². The van der Waals surface area contributed by atoms with Crippen molar-refractivity contribution in [1.82, 2.24) is 5.32 Å². The second kappa shape index (κ2) is 10.4. The van der Waals surface area contributed by atoms with Gasteiger partial charge in [0.1, 0.15) is 12.3 Å². The van der Waals surface area contributed by atoms with E-state index in [1.54, 1.807) is 30.3 Å². The summed E-state index contributed by atoms with van der Waals surface area (Å²) in [4.78, 5) is 26.6. The number of carbonyl (C=O) groups excluding carboxylic acids is 2. The molecule has 0 bridgehead atoms. The number of nitrogens with one attached hydrogen (secondary N) is 1. The van der Waals surface area contributed by atoms with Gasteiger partial charge in [-0.3, -0.25) is 4.79 Å². The Hall–Kier alpha value is -3.85. The Labute approximate surface area is 222 Å². The Bertz CT molecular complexity index is 1480. The smallest absolute Gasteiger partial charge is 0.333 e. The molecule has 3 amide bonds.